The number of hydrogen-bond acceptors (Lipinski definition) is 4. The number of fused-ring (bicyclic) bond motifs is 2. The third-order valence-corrected chi connectivity index (χ3v) is 5.16. The first-order valence-electron chi connectivity index (χ1n) is 6.43. The number of amides is 1. The molecule has 1 aromatic heterocycles. The summed E-state index contributed by atoms with van der Waals surface area (Å²) in [6.07, 6.45) is 3.26. The number of carbonyl (C=O) groups excluding carboxylic acids is 1. The Balaban J connectivity index is 1.85. The highest BCUT2D eigenvalue weighted by atomic mass is 32.1. The van der Waals surface area contributed by atoms with Crippen LogP contribution >= 0.6 is 11.3 Å². The number of anilines is 1. The van der Waals surface area contributed by atoms with E-state index in [-0.39, 0.29) is 24.1 Å². The molecule has 1 aromatic rings. The van der Waals surface area contributed by atoms with Crippen molar-refractivity contribution in [3.05, 3.63) is 15.8 Å². The Bertz CT molecular complexity index is 452. The van der Waals surface area contributed by atoms with Gasteiger partial charge in [-0.2, -0.15) is 0 Å². The van der Waals surface area contributed by atoms with E-state index in [1.165, 1.54) is 11.3 Å². The minimum atomic E-state index is -0.235. The summed E-state index contributed by atoms with van der Waals surface area (Å²) in [5.41, 5.74) is 6.52. The van der Waals surface area contributed by atoms with Gasteiger partial charge in [0.15, 0.2) is 0 Å². The minimum Gasteiger partial charge on any atom is -0.398 e. The first-order chi connectivity index (χ1) is 8.56. The van der Waals surface area contributed by atoms with Crippen LogP contribution in [0.25, 0.3) is 0 Å². The molecule has 4 nitrogen and oxygen atoms in total. The van der Waals surface area contributed by atoms with Crippen molar-refractivity contribution in [2.75, 3.05) is 5.73 Å². The fourth-order valence-electron chi connectivity index (χ4n) is 3.21. The van der Waals surface area contributed by atoms with Crippen molar-refractivity contribution < 1.29 is 9.90 Å². The summed E-state index contributed by atoms with van der Waals surface area (Å²) in [7, 11) is 0. The Kier molecular flexibility index (Phi) is 2.83. The summed E-state index contributed by atoms with van der Waals surface area (Å²) < 4.78 is 0. The number of nitrogens with two attached hydrogens (primary N) is 1. The second-order valence-corrected chi connectivity index (χ2v) is 6.60. The van der Waals surface area contributed by atoms with E-state index in [1.807, 2.05) is 11.8 Å². The smallest absolute Gasteiger partial charge is 0.264 e. The number of rotatable bonds is 1. The molecule has 3 heterocycles. The fraction of sp³-hybridized carbons (Fsp3) is 0.615. The van der Waals surface area contributed by atoms with E-state index < -0.39 is 0 Å². The number of aryl methyl sites for hydroxylation is 1. The number of nitrogen functional groups attached to an aromatic ring is 1. The summed E-state index contributed by atoms with van der Waals surface area (Å²) in [6, 6.07) is 2.22. The van der Waals surface area contributed by atoms with Crippen LogP contribution in [-0.2, 0) is 0 Å². The van der Waals surface area contributed by atoms with Crippen LogP contribution in [0.3, 0.4) is 0 Å². The normalized spacial score (nSPS) is 30.8. The molecule has 98 valence electrons. The molecule has 2 atom stereocenters. The van der Waals surface area contributed by atoms with Crippen LogP contribution in [-0.4, -0.2) is 34.1 Å². The number of carbonyl (C=O) groups is 1. The molecule has 2 aliphatic heterocycles. The van der Waals surface area contributed by atoms with Gasteiger partial charge < -0.3 is 15.7 Å². The van der Waals surface area contributed by atoms with Crippen molar-refractivity contribution >= 4 is 22.9 Å². The van der Waals surface area contributed by atoms with E-state index in [2.05, 4.69) is 0 Å². The number of aliphatic hydroxyl groups is 1. The van der Waals surface area contributed by atoms with Crippen molar-refractivity contribution in [1.82, 2.24) is 4.90 Å². The maximum absolute atomic E-state index is 12.5. The lowest BCUT2D eigenvalue weighted by Crippen LogP contribution is -2.47. The number of nitrogens with zero attached hydrogens (tertiary/aromatic N) is 1. The Hall–Kier alpha value is -1.07. The van der Waals surface area contributed by atoms with Crippen molar-refractivity contribution in [3.8, 4) is 0 Å². The average molecular weight is 266 g/mol. The van der Waals surface area contributed by atoms with Crippen LogP contribution in [0.2, 0.25) is 0 Å². The van der Waals surface area contributed by atoms with E-state index in [0.717, 1.165) is 35.4 Å². The van der Waals surface area contributed by atoms with Crippen LogP contribution < -0.4 is 5.73 Å². The number of piperidine rings is 1. The molecule has 3 rings (SSSR count). The molecule has 2 saturated heterocycles. The van der Waals surface area contributed by atoms with E-state index in [9.17, 15) is 9.90 Å². The fourth-order valence-corrected chi connectivity index (χ4v) is 4.09. The standard InChI is InChI=1S/C13H18N2O2S/c1-7-11(14)6-12(18-7)13(17)15-8-2-3-9(15)5-10(16)4-8/h6,8-10,16H,2-5,14H2,1H3. The lowest BCUT2D eigenvalue weighted by molar-refractivity contribution is 0.0290. The van der Waals surface area contributed by atoms with Gasteiger partial charge in [-0.25, -0.2) is 0 Å². The largest absolute Gasteiger partial charge is 0.398 e. The van der Waals surface area contributed by atoms with Crippen LogP contribution in [0.5, 0.6) is 0 Å². The molecule has 5 heteroatoms. The van der Waals surface area contributed by atoms with Crippen molar-refractivity contribution in [2.24, 2.45) is 0 Å². The second kappa shape index (κ2) is 4.24. The van der Waals surface area contributed by atoms with Gasteiger partial charge in [-0.05, 0) is 38.7 Å². The molecule has 0 spiro atoms. The Morgan fingerprint density at radius 2 is 2.06 bits per heavy atom. The van der Waals surface area contributed by atoms with E-state index >= 15 is 0 Å². The van der Waals surface area contributed by atoms with Crippen molar-refractivity contribution in [2.45, 2.75) is 50.8 Å². The third-order valence-electron chi connectivity index (χ3n) is 4.11. The molecule has 3 N–H and O–H groups in total. The lowest BCUT2D eigenvalue weighted by atomic mass is 10.00. The van der Waals surface area contributed by atoms with Crippen LogP contribution in [0.1, 0.15) is 40.2 Å². The van der Waals surface area contributed by atoms with Crippen LogP contribution in [0, 0.1) is 6.92 Å². The molecule has 0 aromatic carbocycles. The summed E-state index contributed by atoms with van der Waals surface area (Å²) >= 11 is 1.47. The maximum Gasteiger partial charge on any atom is 0.264 e. The maximum atomic E-state index is 12.5. The van der Waals surface area contributed by atoms with E-state index in [1.54, 1.807) is 6.07 Å². The molecule has 0 aliphatic carbocycles. The summed E-state index contributed by atoms with van der Waals surface area (Å²) in [5.74, 6) is 0.0965. The van der Waals surface area contributed by atoms with Crippen molar-refractivity contribution in [3.63, 3.8) is 0 Å². The minimum absolute atomic E-state index is 0.0965. The van der Waals surface area contributed by atoms with Gasteiger partial charge in [0.1, 0.15) is 0 Å². The van der Waals surface area contributed by atoms with Gasteiger partial charge in [0.2, 0.25) is 0 Å². The van der Waals surface area contributed by atoms with Gasteiger partial charge >= 0.3 is 0 Å². The number of aliphatic hydroxyl groups excluding tert-OH is 1. The van der Waals surface area contributed by atoms with Crippen LogP contribution in [0.15, 0.2) is 6.07 Å². The van der Waals surface area contributed by atoms with Gasteiger partial charge in [0, 0.05) is 22.6 Å². The third kappa shape index (κ3) is 1.82. The summed E-state index contributed by atoms with van der Waals surface area (Å²) in [4.78, 5) is 16.3. The summed E-state index contributed by atoms with van der Waals surface area (Å²) in [5, 5.41) is 9.75. The zero-order chi connectivity index (χ0) is 12.9. The first kappa shape index (κ1) is 12.0. The SMILES string of the molecule is Cc1sc(C(=O)N2C3CCC2CC(O)C3)cc1N. The number of hydrogen-bond donors (Lipinski definition) is 2. The molecule has 2 aliphatic rings. The van der Waals surface area contributed by atoms with Gasteiger partial charge in [-0.15, -0.1) is 11.3 Å². The van der Waals surface area contributed by atoms with Gasteiger partial charge in [0.25, 0.3) is 5.91 Å². The van der Waals surface area contributed by atoms with E-state index in [0.29, 0.717) is 5.69 Å². The van der Waals surface area contributed by atoms with Crippen molar-refractivity contribution in [1.29, 1.82) is 0 Å². The highest BCUT2D eigenvalue weighted by molar-refractivity contribution is 7.14. The van der Waals surface area contributed by atoms with Gasteiger partial charge in [-0.3, -0.25) is 4.79 Å². The van der Waals surface area contributed by atoms with Crippen LogP contribution in [0.4, 0.5) is 5.69 Å². The topological polar surface area (TPSA) is 66.6 Å². The highest BCUT2D eigenvalue weighted by Crippen LogP contribution is 2.38. The molecule has 2 bridgehead atoms. The second-order valence-electron chi connectivity index (χ2n) is 5.34. The molecule has 0 saturated carbocycles. The predicted molar refractivity (Wildman–Crippen MR) is 71.7 cm³/mol. The molecule has 1 amide bonds. The predicted octanol–water partition coefficient (Wildman–Crippen LogP) is 1.77. The molecular weight excluding hydrogens is 248 g/mol. The number of thiophene rings is 1. The average Bonchev–Trinajstić information content (AvgIpc) is 2.78. The Morgan fingerprint density at radius 1 is 1.44 bits per heavy atom. The molecule has 2 unspecified atom stereocenters. The zero-order valence-corrected chi connectivity index (χ0v) is 11.2. The Labute approximate surface area is 110 Å². The van der Waals surface area contributed by atoms with Gasteiger partial charge in [0.05, 0.1) is 11.0 Å². The molecule has 0 radical (unpaired) electrons. The van der Waals surface area contributed by atoms with Gasteiger partial charge in [-0.1, -0.05) is 0 Å². The van der Waals surface area contributed by atoms with E-state index in [4.69, 9.17) is 5.73 Å². The highest BCUT2D eigenvalue weighted by Gasteiger charge is 2.43. The Morgan fingerprint density at radius 3 is 2.56 bits per heavy atom. The molecule has 2 fully saturated rings. The molecular formula is C13H18N2O2S. The quantitative estimate of drug-likeness (QED) is 0.814. The lowest BCUT2D eigenvalue weighted by Gasteiger charge is -2.36. The first-order valence-corrected chi connectivity index (χ1v) is 7.24. The summed E-state index contributed by atoms with van der Waals surface area (Å²) in [6.45, 7) is 1.94. The monoisotopic (exact) mass is 266 g/mol. The zero-order valence-electron chi connectivity index (χ0n) is 10.4. The molecule has 18 heavy (non-hydrogen) atoms.